The van der Waals surface area contributed by atoms with Gasteiger partial charge < -0.3 is 15.2 Å². The molecule has 0 aromatic carbocycles. The van der Waals surface area contributed by atoms with Gasteiger partial charge in [-0.2, -0.15) is 0 Å². The standard InChI is InChI=1S/C14H26N4O2S/c1-15-10-12-9-14(11-16-12)21(19,20)17-7-8-18(2)13-5-3-4-6-13/h9,11,13,15-17H,3-8,10H2,1-2H3. The zero-order valence-electron chi connectivity index (χ0n) is 12.9. The minimum Gasteiger partial charge on any atom is -0.363 e. The van der Waals surface area contributed by atoms with Crippen LogP contribution >= 0.6 is 0 Å². The quantitative estimate of drug-likeness (QED) is 0.666. The maximum atomic E-state index is 12.2. The maximum absolute atomic E-state index is 12.2. The number of hydrogen-bond acceptors (Lipinski definition) is 4. The third-order valence-corrected chi connectivity index (χ3v) is 5.54. The number of likely N-dealkylation sites (N-methyl/N-ethyl adjacent to an activating group) is 1. The van der Waals surface area contributed by atoms with Crippen molar-refractivity contribution in [2.24, 2.45) is 0 Å². The Balaban J connectivity index is 1.82. The van der Waals surface area contributed by atoms with Crippen LogP contribution in [0.25, 0.3) is 0 Å². The summed E-state index contributed by atoms with van der Waals surface area (Å²) in [7, 11) is 0.488. The van der Waals surface area contributed by atoms with Gasteiger partial charge in [0.05, 0.1) is 4.90 Å². The monoisotopic (exact) mass is 314 g/mol. The summed E-state index contributed by atoms with van der Waals surface area (Å²) in [6.07, 6.45) is 6.58. The Bertz CT molecular complexity index is 535. The van der Waals surface area contributed by atoms with Crippen LogP contribution in [0, 0.1) is 0 Å². The van der Waals surface area contributed by atoms with Gasteiger partial charge in [-0.25, -0.2) is 13.1 Å². The first-order chi connectivity index (χ1) is 10.0. The molecule has 1 saturated carbocycles. The van der Waals surface area contributed by atoms with Gasteiger partial charge >= 0.3 is 0 Å². The lowest BCUT2D eigenvalue weighted by Crippen LogP contribution is -2.37. The summed E-state index contributed by atoms with van der Waals surface area (Å²) in [6, 6.07) is 2.28. The fraction of sp³-hybridized carbons (Fsp3) is 0.714. The average Bonchev–Trinajstić information content (AvgIpc) is 3.10. The Kier molecular flexibility index (Phi) is 5.80. The summed E-state index contributed by atoms with van der Waals surface area (Å²) in [5.41, 5.74) is 0.862. The SMILES string of the molecule is CNCc1cc(S(=O)(=O)NCCN(C)C2CCCC2)c[nH]1. The van der Waals surface area contributed by atoms with E-state index in [9.17, 15) is 8.42 Å². The van der Waals surface area contributed by atoms with Crippen molar-refractivity contribution < 1.29 is 8.42 Å². The molecule has 0 bridgehead atoms. The van der Waals surface area contributed by atoms with Crippen molar-refractivity contribution in [3.05, 3.63) is 18.0 Å². The molecule has 1 fully saturated rings. The third-order valence-electron chi connectivity index (χ3n) is 4.10. The number of hydrogen-bond donors (Lipinski definition) is 3. The van der Waals surface area contributed by atoms with Crippen LogP contribution in [0.15, 0.2) is 17.2 Å². The second-order valence-electron chi connectivity index (χ2n) is 5.71. The molecule has 1 aromatic rings. The molecule has 0 saturated heterocycles. The molecule has 7 heteroatoms. The molecule has 0 spiro atoms. The summed E-state index contributed by atoms with van der Waals surface area (Å²) < 4.78 is 27.0. The van der Waals surface area contributed by atoms with Crippen LogP contribution in [0.3, 0.4) is 0 Å². The molecule has 1 aliphatic carbocycles. The van der Waals surface area contributed by atoms with Crippen LogP contribution in [-0.2, 0) is 16.6 Å². The molecule has 21 heavy (non-hydrogen) atoms. The maximum Gasteiger partial charge on any atom is 0.242 e. The van der Waals surface area contributed by atoms with Crippen molar-refractivity contribution in [1.29, 1.82) is 0 Å². The van der Waals surface area contributed by atoms with Crippen LogP contribution < -0.4 is 10.0 Å². The Hall–Kier alpha value is -0.890. The van der Waals surface area contributed by atoms with E-state index in [0.29, 0.717) is 24.0 Å². The summed E-state index contributed by atoms with van der Waals surface area (Å²) >= 11 is 0. The second kappa shape index (κ2) is 7.40. The highest BCUT2D eigenvalue weighted by Crippen LogP contribution is 2.21. The molecule has 2 rings (SSSR count). The van der Waals surface area contributed by atoms with E-state index in [0.717, 1.165) is 12.2 Å². The van der Waals surface area contributed by atoms with Crippen molar-refractivity contribution in [3.8, 4) is 0 Å². The summed E-state index contributed by atoms with van der Waals surface area (Å²) in [5.74, 6) is 0. The largest absolute Gasteiger partial charge is 0.363 e. The molecule has 0 radical (unpaired) electrons. The zero-order chi connectivity index (χ0) is 15.3. The van der Waals surface area contributed by atoms with Crippen molar-refractivity contribution in [1.82, 2.24) is 19.9 Å². The van der Waals surface area contributed by atoms with E-state index in [1.807, 2.05) is 7.05 Å². The number of aromatic amines is 1. The molecule has 0 unspecified atom stereocenters. The Morgan fingerprint density at radius 2 is 2.10 bits per heavy atom. The van der Waals surface area contributed by atoms with E-state index in [4.69, 9.17) is 0 Å². The molecule has 0 aliphatic heterocycles. The smallest absolute Gasteiger partial charge is 0.242 e. The molecular weight excluding hydrogens is 288 g/mol. The fourth-order valence-corrected chi connectivity index (χ4v) is 3.87. The van der Waals surface area contributed by atoms with Crippen LogP contribution in [0.5, 0.6) is 0 Å². The van der Waals surface area contributed by atoms with Crippen molar-refractivity contribution in [2.75, 3.05) is 27.2 Å². The van der Waals surface area contributed by atoms with Crippen LogP contribution in [0.1, 0.15) is 31.4 Å². The minimum atomic E-state index is -3.41. The highest BCUT2D eigenvalue weighted by Gasteiger charge is 2.20. The van der Waals surface area contributed by atoms with Gasteiger partial charge in [-0.3, -0.25) is 0 Å². The molecule has 1 heterocycles. The van der Waals surface area contributed by atoms with E-state index in [-0.39, 0.29) is 0 Å². The fourth-order valence-electron chi connectivity index (χ4n) is 2.83. The van der Waals surface area contributed by atoms with Gasteiger partial charge in [0.15, 0.2) is 0 Å². The number of sulfonamides is 1. The third kappa shape index (κ3) is 4.54. The van der Waals surface area contributed by atoms with Crippen molar-refractivity contribution in [2.45, 2.75) is 43.2 Å². The van der Waals surface area contributed by atoms with Crippen LogP contribution in [0.2, 0.25) is 0 Å². The average molecular weight is 314 g/mol. The molecule has 0 atom stereocenters. The van der Waals surface area contributed by atoms with E-state index >= 15 is 0 Å². The number of aromatic nitrogens is 1. The van der Waals surface area contributed by atoms with Crippen LogP contribution in [-0.4, -0.2) is 51.5 Å². The molecule has 120 valence electrons. The lowest BCUT2D eigenvalue weighted by atomic mass is 10.2. The van der Waals surface area contributed by atoms with Gasteiger partial charge in [0.2, 0.25) is 10.0 Å². The summed E-state index contributed by atoms with van der Waals surface area (Å²) in [5, 5.41) is 2.98. The molecule has 0 amide bonds. The Morgan fingerprint density at radius 3 is 2.76 bits per heavy atom. The minimum absolute atomic E-state index is 0.302. The van der Waals surface area contributed by atoms with Gasteiger partial charge in [0, 0.05) is 37.6 Å². The van der Waals surface area contributed by atoms with Gasteiger partial charge in [-0.05, 0) is 33.0 Å². The highest BCUT2D eigenvalue weighted by molar-refractivity contribution is 7.89. The predicted molar refractivity (Wildman–Crippen MR) is 83.6 cm³/mol. The van der Waals surface area contributed by atoms with Gasteiger partial charge in [0.25, 0.3) is 0 Å². The van der Waals surface area contributed by atoms with E-state index in [1.165, 1.54) is 31.9 Å². The number of rotatable bonds is 8. The normalized spacial score (nSPS) is 16.9. The summed E-state index contributed by atoms with van der Waals surface area (Å²) in [6.45, 7) is 1.82. The van der Waals surface area contributed by atoms with E-state index in [2.05, 4.69) is 27.0 Å². The van der Waals surface area contributed by atoms with Crippen LogP contribution in [0.4, 0.5) is 0 Å². The first-order valence-corrected chi connectivity index (χ1v) is 9.03. The number of H-pyrrole nitrogens is 1. The molecular formula is C14H26N4O2S. The first kappa shape index (κ1) is 16.5. The van der Waals surface area contributed by atoms with Gasteiger partial charge in [-0.15, -0.1) is 0 Å². The van der Waals surface area contributed by atoms with Crippen molar-refractivity contribution >= 4 is 10.0 Å². The summed E-state index contributed by atoms with van der Waals surface area (Å²) in [4.78, 5) is 5.53. The number of nitrogens with one attached hydrogen (secondary N) is 3. The lowest BCUT2D eigenvalue weighted by molar-refractivity contribution is 0.250. The molecule has 3 N–H and O–H groups in total. The molecule has 6 nitrogen and oxygen atoms in total. The Morgan fingerprint density at radius 1 is 1.38 bits per heavy atom. The van der Waals surface area contributed by atoms with Gasteiger partial charge in [-0.1, -0.05) is 12.8 Å². The highest BCUT2D eigenvalue weighted by atomic mass is 32.2. The first-order valence-electron chi connectivity index (χ1n) is 7.55. The van der Waals surface area contributed by atoms with E-state index < -0.39 is 10.0 Å². The second-order valence-corrected chi connectivity index (χ2v) is 7.47. The Labute approximate surface area is 127 Å². The topological polar surface area (TPSA) is 77.2 Å². The zero-order valence-corrected chi connectivity index (χ0v) is 13.7. The van der Waals surface area contributed by atoms with Crippen molar-refractivity contribution in [3.63, 3.8) is 0 Å². The lowest BCUT2D eigenvalue weighted by Gasteiger charge is -2.23. The van der Waals surface area contributed by atoms with E-state index in [1.54, 1.807) is 6.07 Å². The molecule has 1 aliphatic rings. The molecule has 1 aromatic heterocycles. The number of nitrogens with zero attached hydrogens (tertiary/aromatic N) is 1. The van der Waals surface area contributed by atoms with Gasteiger partial charge in [0.1, 0.15) is 0 Å². The predicted octanol–water partition coefficient (Wildman–Crippen LogP) is 0.887.